The van der Waals surface area contributed by atoms with E-state index in [1.54, 1.807) is 7.11 Å². The molecule has 0 bridgehead atoms. The highest BCUT2D eigenvalue weighted by atomic mass is 79.9. The number of benzene rings is 1. The van der Waals surface area contributed by atoms with Crippen LogP contribution in [0.5, 0.6) is 5.75 Å². The molecule has 0 N–H and O–H groups in total. The fraction of sp³-hybridized carbons (Fsp3) is 0.500. The van der Waals surface area contributed by atoms with Crippen molar-refractivity contribution in [2.45, 2.75) is 37.6 Å². The second-order valence-electron chi connectivity index (χ2n) is 6.17. The molecule has 1 amide bonds. The first-order chi connectivity index (χ1) is 10.6. The first-order valence-electron chi connectivity index (χ1n) is 7.86. The number of ether oxygens (including phenoxy) is 1. The number of halogens is 1. The van der Waals surface area contributed by atoms with Gasteiger partial charge in [-0.05, 0) is 36.1 Å². The highest BCUT2D eigenvalue weighted by molar-refractivity contribution is 9.09. The molecule has 1 aromatic carbocycles. The molecular formula is C18H22BrNO2. The molecule has 3 rings (SSSR count). The van der Waals surface area contributed by atoms with Crippen LogP contribution < -0.4 is 4.74 Å². The minimum absolute atomic E-state index is 0.0753. The molecule has 1 aromatic rings. The van der Waals surface area contributed by atoms with Gasteiger partial charge in [-0.1, -0.05) is 47.3 Å². The lowest BCUT2D eigenvalue weighted by atomic mass is 9.76. The molecule has 22 heavy (non-hydrogen) atoms. The van der Waals surface area contributed by atoms with Crippen molar-refractivity contribution in [3.05, 3.63) is 35.4 Å². The van der Waals surface area contributed by atoms with Gasteiger partial charge in [0.1, 0.15) is 5.75 Å². The van der Waals surface area contributed by atoms with Gasteiger partial charge in [0.25, 0.3) is 5.91 Å². The van der Waals surface area contributed by atoms with E-state index in [4.69, 9.17) is 4.74 Å². The molecule has 1 aliphatic carbocycles. The van der Waals surface area contributed by atoms with Crippen LogP contribution in [0.25, 0.3) is 5.57 Å². The Morgan fingerprint density at radius 3 is 2.36 bits per heavy atom. The van der Waals surface area contributed by atoms with E-state index in [-0.39, 0.29) is 11.4 Å². The lowest BCUT2D eigenvalue weighted by molar-refractivity contribution is -0.127. The predicted molar refractivity (Wildman–Crippen MR) is 92.3 cm³/mol. The standard InChI is InChI=1S/C18H22BrNO2/c1-20-17(21)16(13-6-8-14(22-2)9-7-13)15(12-19)18(20)10-4-3-5-11-18/h6-9H,3-5,10-12H2,1-2H3. The monoisotopic (exact) mass is 363 g/mol. The Balaban J connectivity index is 2.09. The van der Waals surface area contributed by atoms with Crippen LogP contribution in [0.3, 0.4) is 0 Å². The Labute approximate surface area is 140 Å². The van der Waals surface area contributed by atoms with E-state index in [1.165, 1.54) is 24.8 Å². The van der Waals surface area contributed by atoms with Gasteiger partial charge >= 0.3 is 0 Å². The van der Waals surface area contributed by atoms with Crippen molar-refractivity contribution in [2.24, 2.45) is 0 Å². The molecule has 1 spiro atoms. The summed E-state index contributed by atoms with van der Waals surface area (Å²) in [5.74, 6) is 0.970. The molecule has 1 fully saturated rings. The molecule has 4 heteroatoms. The number of carbonyl (C=O) groups is 1. The number of carbonyl (C=O) groups excluding carboxylic acids is 1. The van der Waals surface area contributed by atoms with Gasteiger partial charge in [-0.3, -0.25) is 4.79 Å². The van der Waals surface area contributed by atoms with E-state index in [9.17, 15) is 4.79 Å². The molecule has 0 unspecified atom stereocenters. The van der Waals surface area contributed by atoms with E-state index < -0.39 is 0 Å². The maximum atomic E-state index is 12.9. The minimum Gasteiger partial charge on any atom is -0.497 e. The van der Waals surface area contributed by atoms with Crippen molar-refractivity contribution in [2.75, 3.05) is 19.5 Å². The van der Waals surface area contributed by atoms with Crippen molar-refractivity contribution in [1.29, 1.82) is 0 Å². The summed E-state index contributed by atoms with van der Waals surface area (Å²) in [4.78, 5) is 14.9. The van der Waals surface area contributed by atoms with Crippen LogP contribution in [0, 0.1) is 0 Å². The molecule has 0 atom stereocenters. The smallest absolute Gasteiger partial charge is 0.254 e. The van der Waals surface area contributed by atoms with Crippen LogP contribution in [0.4, 0.5) is 0 Å². The average Bonchev–Trinajstić information content (AvgIpc) is 2.77. The van der Waals surface area contributed by atoms with Crippen LogP contribution in [-0.4, -0.2) is 35.8 Å². The molecule has 118 valence electrons. The number of likely N-dealkylation sites (N-methyl/N-ethyl adjacent to an activating group) is 1. The zero-order chi connectivity index (χ0) is 15.7. The Morgan fingerprint density at radius 2 is 1.82 bits per heavy atom. The molecule has 3 nitrogen and oxygen atoms in total. The third-order valence-corrected chi connectivity index (χ3v) is 5.78. The normalized spacial score (nSPS) is 20.9. The van der Waals surface area contributed by atoms with E-state index in [0.717, 1.165) is 35.1 Å². The molecule has 0 radical (unpaired) electrons. The molecule has 1 aliphatic heterocycles. The van der Waals surface area contributed by atoms with E-state index in [0.29, 0.717) is 0 Å². The van der Waals surface area contributed by atoms with Crippen molar-refractivity contribution < 1.29 is 9.53 Å². The minimum atomic E-state index is -0.0753. The van der Waals surface area contributed by atoms with Crippen LogP contribution in [0.15, 0.2) is 29.8 Å². The van der Waals surface area contributed by atoms with Crippen molar-refractivity contribution in [3.63, 3.8) is 0 Å². The quantitative estimate of drug-likeness (QED) is 0.759. The molecular weight excluding hydrogens is 342 g/mol. The maximum absolute atomic E-state index is 12.9. The van der Waals surface area contributed by atoms with Crippen LogP contribution in [-0.2, 0) is 4.79 Å². The lowest BCUT2D eigenvalue weighted by Crippen LogP contribution is -2.47. The zero-order valence-electron chi connectivity index (χ0n) is 13.2. The van der Waals surface area contributed by atoms with Gasteiger partial charge in [0.05, 0.1) is 12.6 Å². The van der Waals surface area contributed by atoms with Crippen molar-refractivity contribution in [1.82, 2.24) is 4.90 Å². The summed E-state index contributed by atoms with van der Waals surface area (Å²) in [6, 6.07) is 7.83. The summed E-state index contributed by atoms with van der Waals surface area (Å²) in [5, 5.41) is 0.754. The first-order valence-corrected chi connectivity index (χ1v) is 8.98. The Morgan fingerprint density at radius 1 is 1.18 bits per heavy atom. The Kier molecular flexibility index (Phi) is 4.31. The van der Waals surface area contributed by atoms with Crippen LogP contribution in [0.2, 0.25) is 0 Å². The third kappa shape index (κ3) is 2.28. The summed E-state index contributed by atoms with van der Waals surface area (Å²) >= 11 is 3.65. The number of alkyl halides is 1. The summed E-state index contributed by atoms with van der Waals surface area (Å²) < 4.78 is 5.22. The van der Waals surface area contributed by atoms with Gasteiger partial charge in [0.2, 0.25) is 0 Å². The summed E-state index contributed by atoms with van der Waals surface area (Å²) in [7, 11) is 3.62. The predicted octanol–water partition coefficient (Wildman–Crippen LogP) is 4.02. The largest absolute Gasteiger partial charge is 0.497 e. The number of nitrogens with zero attached hydrogens (tertiary/aromatic N) is 1. The highest BCUT2D eigenvalue weighted by Crippen LogP contribution is 2.48. The van der Waals surface area contributed by atoms with Crippen LogP contribution in [0.1, 0.15) is 37.7 Å². The third-order valence-electron chi connectivity index (χ3n) is 5.22. The second-order valence-corrected chi connectivity index (χ2v) is 6.73. The van der Waals surface area contributed by atoms with Crippen LogP contribution >= 0.6 is 15.9 Å². The van der Waals surface area contributed by atoms with Gasteiger partial charge in [-0.25, -0.2) is 0 Å². The summed E-state index contributed by atoms with van der Waals surface area (Å²) in [6.45, 7) is 0. The van der Waals surface area contributed by atoms with Crippen molar-refractivity contribution >= 4 is 27.4 Å². The molecule has 2 aliphatic rings. The van der Waals surface area contributed by atoms with Gasteiger partial charge in [-0.15, -0.1) is 0 Å². The maximum Gasteiger partial charge on any atom is 0.254 e. The van der Waals surface area contributed by atoms with E-state index in [2.05, 4.69) is 15.9 Å². The van der Waals surface area contributed by atoms with Gasteiger partial charge < -0.3 is 9.64 Å². The van der Waals surface area contributed by atoms with Crippen molar-refractivity contribution in [3.8, 4) is 5.75 Å². The molecule has 1 heterocycles. The van der Waals surface area contributed by atoms with E-state index >= 15 is 0 Å². The average molecular weight is 364 g/mol. The number of hydrogen-bond acceptors (Lipinski definition) is 2. The SMILES string of the molecule is COc1ccc(C2=C(CBr)C3(CCCCC3)N(C)C2=O)cc1. The van der Waals surface area contributed by atoms with Gasteiger partial charge in [0.15, 0.2) is 0 Å². The lowest BCUT2D eigenvalue weighted by Gasteiger charge is -2.41. The Hall–Kier alpha value is -1.29. The Bertz CT molecular complexity index is 600. The van der Waals surface area contributed by atoms with Gasteiger partial charge in [0, 0.05) is 18.0 Å². The van der Waals surface area contributed by atoms with Gasteiger partial charge in [-0.2, -0.15) is 0 Å². The topological polar surface area (TPSA) is 29.5 Å². The molecule has 1 saturated carbocycles. The summed E-state index contributed by atoms with van der Waals surface area (Å²) in [6.07, 6.45) is 5.83. The number of rotatable bonds is 3. The molecule has 0 aromatic heterocycles. The summed E-state index contributed by atoms with van der Waals surface area (Å²) in [5.41, 5.74) is 3.05. The van der Waals surface area contributed by atoms with E-state index in [1.807, 2.05) is 36.2 Å². The number of hydrogen-bond donors (Lipinski definition) is 0. The highest BCUT2D eigenvalue weighted by Gasteiger charge is 2.49. The fourth-order valence-corrected chi connectivity index (χ4v) is 4.75. The molecule has 0 saturated heterocycles. The first kappa shape index (κ1) is 15.6. The fourth-order valence-electron chi connectivity index (χ4n) is 3.95. The number of methoxy groups -OCH3 is 1. The second kappa shape index (κ2) is 6.07. The zero-order valence-corrected chi connectivity index (χ0v) is 14.8. The number of amides is 1.